The van der Waals surface area contributed by atoms with Crippen LogP contribution >= 0.6 is 0 Å². The molecule has 2 aliphatic heterocycles. The normalized spacial score (nSPS) is 17.7. The standard InChI is InChI=1S/C35H32F8N8O/c1-20-16-50(10-7-33(20,36)37)17-21-11-26-27(28(12-21)35(41,42)43)18-51(32(26)52)30-14-22(13-29(47-30)45-9-4-3-8-44)25-15-23(34(38,39)40)5-6-24(25)31-48-46-19-49(31)2/h5-6,11-15,19-20H,3-4,7,9-10,16-18H2,1-2H3,(H,45,47)/t20-/m1/s1. The summed E-state index contributed by atoms with van der Waals surface area (Å²) in [7, 11) is 1.60. The molecule has 4 aromatic rings. The third-order valence-electron chi connectivity index (χ3n) is 9.30. The number of aromatic nitrogens is 4. The number of piperidine rings is 1. The van der Waals surface area contributed by atoms with Crippen molar-refractivity contribution in [1.82, 2.24) is 24.6 Å². The van der Waals surface area contributed by atoms with E-state index in [9.17, 15) is 39.9 Å². The van der Waals surface area contributed by atoms with Crippen LogP contribution < -0.4 is 10.2 Å². The van der Waals surface area contributed by atoms with E-state index in [0.717, 1.165) is 23.1 Å². The number of nitrogens with one attached hydrogen (secondary N) is 1. The lowest BCUT2D eigenvalue weighted by molar-refractivity contribution is -0.138. The van der Waals surface area contributed by atoms with Crippen LogP contribution in [0, 0.1) is 17.2 Å². The molecule has 1 atom stereocenters. The molecule has 1 amide bonds. The number of rotatable bonds is 9. The summed E-state index contributed by atoms with van der Waals surface area (Å²) in [6, 6.07) is 10.1. The molecule has 274 valence electrons. The predicted octanol–water partition coefficient (Wildman–Crippen LogP) is 7.93. The third-order valence-corrected chi connectivity index (χ3v) is 9.30. The van der Waals surface area contributed by atoms with Crippen LogP contribution in [0.25, 0.3) is 22.5 Å². The van der Waals surface area contributed by atoms with Crippen LogP contribution in [-0.2, 0) is 32.5 Å². The highest BCUT2D eigenvalue weighted by Gasteiger charge is 2.43. The van der Waals surface area contributed by atoms with Gasteiger partial charge in [0.2, 0.25) is 0 Å². The fraction of sp³-hybridized carbons (Fsp3) is 0.400. The summed E-state index contributed by atoms with van der Waals surface area (Å²) < 4.78 is 115. The number of pyridine rings is 1. The molecule has 2 aromatic heterocycles. The number of alkyl halides is 8. The van der Waals surface area contributed by atoms with Gasteiger partial charge in [-0.1, -0.05) is 6.92 Å². The average molecular weight is 733 g/mol. The van der Waals surface area contributed by atoms with Crippen molar-refractivity contribution >= 4 is 17.5 Å². The molecule has 52 heavy (non-hydrogen) atoms. The van der Waals surface area contributed by atoms with E-state index in [-0.39, 0.29) is 83.4 Å². The van der Waals surface area contributed by atoms with Gasteiger partial charge < -0.3 is 9.88 Å². The van der Waals surface area contributed by atoms with E-state index in [1.54, 1.807) is 11.9 Å². The molecule has 1 N–H and O–H groups in total. The van der Waals surface area contributed by atoms with Crippen molar-refractivity contribution in [2.45, 2.75) is 57.6 Å². The van der Waals surface area contributed by atoms with Gasteiger partial charge in [-0.25, -0.2) is 13.8 Å². The lowest BCUT2D eigenvalue weighted by Crippen LogP contribution is -2.45. The van der Waals surface area contributed by atoms with Crippen LogP contribution in [0.3, 0.4) is 0 Å². The number of carbonyl (C=O) groups is 1. The van der Waals surface area contributed by atoms with E-state index < -0.39 is 54.2 Å². The minimum absolute atomic E-state index is 0.0391. The molecule has 0 radical (unpaired) electrons. The van der Waals surface area contributed by atoms with Crippen LogP contribution in [0.5, 0.6) is 0 Å². The average Bonchev–Trinajstić information content (AvgIpc) is 3.65. The molecule has 1 saturated heterocycles. The Balaban J connectivity index is 1.43. The van der Waals surface area contributed by atoms with Crippen molar-refractivity contribution in [2.75, 3.05) is 29.9 Å². The van der Waals surface area contributed by atoms with E-state index >= 15 is 0 Å². The lowest BCUT2D eigenvalue weighted by atomic mass is 9.94. The van der Waals surface area contributed by atoms with E-state index in [4.69, 9.17) is 5.26 Å². The zero-order valence-electron chi connectivity index (χ0n) is 27.9. The summed E-state index contributed by atoms with van der Waals surface area (Å²) in [6.45, 7) is 0.884. The molecule has 0 saturated carbocycles. The van der Waals surface area contributed by atoms with Crippen molar-refractivity contribution in [1.29, 1.82) is 5.26 Å². The molecule has 4 heterocycles. The fourth-order valence-corrected chi connectivity index (χ4v) is 6.53. The first kappa shape index (κ1) is 36.7. The molecule has 6 rings (SSSR count). The Bertz CT molecular complexity index is 2030. The Morgan fingerprint density at radius 2 is 1.79 bits per heavy atom. The Labute approximate surface area is 292 Å². The smallest absolute Gasteiger partial charge is 0.370 e. The van der Waals surface area contributed by atoms with Gasteiger partial charge >= 0.3 is 12.4 Å². The summed E-state index contributed by atoms with van der Waals surface area (Å²) in [5, 5.41) is 19.8. The maximum absolute atomic E-state index is 14.5. The second kappa shape index (κ2) is 13.8. The summed E-state index contributed by atoms with van der Waals surface area (Å²) in [6.07, 6.45) is -8.12. The molecule has 0 bridgehead atoms. The number of carbonyl (C=O) groups excluding carboxylic acids is 1. The molecule has 17 heteroatoms. The Morgan fingerprint density at radius 1 is 1.02 bits per heavy atom. The number of hydrogen-bond acceptors (Lipinski definition) is 7. The van der Waals surface area contributed by atoms with Gasteiger partial charge in [-0.15, -0.1) is 10.2 Å². The molecule has 1 fully saturated rings. The zero-order chi connectivity index (χ0) is 37.6. The van der Waals surface area contributed by atoms with Gasteiger partial charge in [0.15, 0.2) is 5.82 Å². The fourth-order valence-electron chi connectivity index (χ4n) is 6.53. The third kappa shape index (κ3) is 7.43. The minimum atomic E-state index is -4.87. The van der Waals surface area contributed by atoms with Gasteiger partial charge in [0.05, 0.1) is 23.7 Å². The predicted molar refractivity (Wildman–Crippen MR) is 174 cm³/mol. The molecule has 2 aromatic carbocycles. The summed E-state index contributed by atoms with van der Waals surface area (Å²) in [4.78, 5) is 21.1. The summed E-state index contributed by atoms with van der Waals surface area (Å²) in [5.41, 5.74) is -2.02. The van der Waals surface area contributed by atoms with Crippen molar-refractivity contribution in [3.8, 4) is 28.6 Å². The Hall–Kier alpha value is -5.11. The van der Waals surface area contributed by atoms with Gasteiger partial charge in [0.1, 0.15) is 18.0 Å². The van der Waals surface area contributed by atoms with Gasteiger partial charge in [0.25, 0.3) is 11.8 Å². The number of benzene rings is 2. The molecule has 0 spiro atoms. The van der Waals surface area contributed by atoms with E-state index in [1.807, 2.05) is 6.07 Å². The SMILES string of the molecule is C[C@@H]1CN(Cc2cc3c(c(C(F)(F)F)c2)CN(c2cc(-c4cc(C(F)(F)F)ccc4-c4nncn4C)cc(NCCCC#N)n2)C3=O)CCC1(F)F. The van der Waals surface area contributed by atoms with Gasteiger partial charge in [-0.2, -0.15) is 31.6 Å². The number of nitrogens with zero attached hydrogens (tertiary/aromatic N) is 7. The molecule has 9 nitrogen and oxygen atoms in total. The summed E-state index contributed by atoms with van der Waals surface area (Å²) >= 11 is 0. The van der Waals surface area contributed by atoms with E-state index in [0.29, 0.717) is 6.42 Å². The molecular weight excluding hydrogens is 700 g/mol. The topological polar surface area (TPSA) is 103 Å². The van der Waals surface area contributed by atoms with Crippen LogP contribution in [-0.4, -0.2) is 56.1 Å². The van der Waals surface area contributed by atoms with Crippen LogP contribution in [0.2, 0.25) is 0 Å². The van der Waals surface area contributed by atoms with Crippen LogP contribution in [0.15, 0.2) is 48.8 Å². The highest BCUT2D eigenvalue weighted by atomic mass is 19.4. The summed E-state index contributed by atoms with van der Waals surface area (Å²) in [5.74, 6) is -4.53. The second-order valence-electron chi connectivity index (χ2n) is 13.0. The van der Waals surface area contributed by atoms with Gasteiger partial charge in [-0.05, 0) is 71.1 Å². The number of fused-ring (bicyclic) bond motifs is 1. The Morgan fingerprint density at radius 3 is 2.44 bits per heavy atom. The first-order valence-corrected chi connectivity index (χ1v) is 16.3. The second-order valence-corrected chi connectivity index (χ2v) is 13.0. The Kier molecular flexibility index (Phi) is 9.73. The zero-order valence-corrected chi connectivity index (χ0v) is 27.9. The number of likely N-dealkylation sites (tertiary alicyclic amines) is 1. The largest absolute Gasteiger partial charge is 0.416 e. The van der Waals surface area contributed by atoms with Crippen molar-refractivity contribution in [3.63, 3.8) is 0 Å². The number of hydrogen-bond donors (Lipinski definition) is 1. The molecule has 0 aliphatic carbocycles. The highest BCUT2D eigenvalue weighted by molar-refractivity contribution is 6.10. The van der Waals surface area contributed by atoms with Crippen molar-refractivity contribution in [2.24, 2.45) is 13.0 Å². The maximum Gasteiger partial charge on any atom is 0.416 e. The van der Waals surface area contributed by atoms with Crippen LogP contribution in [0.4, 0.5) is 46.8 Å². The lowest BCUT2D eigenvalue weighted by Gasteiger charge is -2.36. The van der Waals surface area contributed by atoms with Crippen molar-refractivity contribution < 1.29 is 39.9 Å². The molecule has 2 aliphatic rings. The number of nitriles is 1. The van der Waals surface area contributed by atoms with E-state index in [1.165, 1.54) is 42.1 Å². The first-order chi connectivity index (χ1) is 24.5. The van der Waals surface area contributed by atoms with Crippen molar-refractivity contribution in [3.05, 3.63) is 76.6 Å². The number of amides is 1. The number of unbranched alkanes of at least 4 members (excludes halogenated alkanes) is 1. The molecule has 0 unspecified atom stereocenters. The quantitative estimate of drug-likeness (QED) is 0.138. The number of aryl methyl sites for hydroxylation is 1. The van der Waals surface area contributed by atoms with Crippen LogP contribution in [0.1, 0.15) is 58.8 Å². The first-order valence-electron chi connectivity index (χ1n) is 16.3. The van der Waals surface area contributed by atoms with Gasteiger partial charge in [0, 0.05) is 63.1 Å². The minimum Gasteiger partial charge on any atom is -0.370 e. The number of halogens is 8. The highest BCUT2D eigenvalue weighted by Crippen LogP contribution is 2.43. The number of anilines is 2. The maximum atomic E-state index is 14.5. The van der Waals surface area contributed by atoms with E-state index in [2.05, 4.69) is 20.5 Å². The monoisotopic (exact) mass is 732 g/mol. The van der Waals surface area contributed by atoms with Gasteiger partial charge in [-0.3, -0.25) is 14.6 Å². The molecular formula is C35H32F8N8O.